The van der Waals surface area contributed by atoms with Crippen LogP contribution in [-0.4, -0.2) is 14.2 Å². The van der Waals surface area contributed by atoms with E-state index >= 15 is 0 Å². The van der Waals surface area contributed by atoms with Crippen molar-refractivity contribution in [2.24, 2.45) is 11.1 Å². The third-order valence-corrected chi connectivity index (χ3v) is 4.85. The molecule has 0 aromatic heterocycles. The normalized spacial score (nSPS) is 19.4. The van der Waals surface area contributed by atoms with Crippen LogP contribution in [0.25, 0.3) is 0 Å². The van der Waals surface area contributed by atoms with Crippen molar-refractivity contribution in [1.82, 2.24) is 0 Å². The molecular weight excluding hydrogens is 250 g/mol. The number of rotatable bonds is 4. The van der Waals surface area contributed by atoms with Gasteiger partial charge in [0.1, 0.15) is 0 Å². The molecule has 0 bridgehead atoms. The van der Waals surface area contributed by atoms with Gasteiger partial charge < -0.3 is 15.2 Å². The van der Waals surface area contributed by atoms with E-state index in [2.05, 4.69) is 19.9 Å². The molecule has 1 aromatic rings. The van der Waals surface area contributed by atoms with Crippen LogP contribution in [0.1, 0.15) is 56.2 Å². The highest BCUT2D eigenvalue weighted by molar-refractivity contribution is 5.48. The highest BCUT2D eigenvalue weighted by atomic mass is 16.5. The molecule has 0 radical (unpaired) electrons. The molecule has 0 heterocycles. The molecule has 0 aliphatic heterocycles. The summed E-state index contributed by atoms with van der Waals surface area (Å²) in [5, 5.41) is 0. The van der Waals surface area contributed by atoms with Gasteiger partial charge in [-0.3, -0.25) is 0 Å². The Morgan fingerprint density at radius 3 is 2.15 bits per heavy atom. The van der Waals surface area contributed by atoms with E-state index in [0.29, 0.717) is 0 Å². The molecule has 1 fully saturated rings. The zero-order valence-corrected chi connectivity index (χ0v) is 13.2. The molecule has 112 valence electrons. The molecule has 0 saturated heterocycles. The molecule has 1 unspecified atom stereocenters. The van der Waals surface area contributed by atoms with E-state index < -0.39 is 0 Å². The second-order valence-corrected chi connectivity index (χ2v) is 6.26. The van der Waals surface area contributed by atoms with Gasteiger partial charge in [-0.05, 0) is 48.4 Å². The van der Waals surface area contributed by atoms with E-state index in [1.807, 2.05) is 6.07 Å². The first kappa shape index (κ1) is 15.2. The first-order valence-electron chi connectivity index (χ1n) is 7.50. The Labute approximate surface area is 122 Å². The second-order valence-electron chi connectivity index (χ2n) is 6.26. The summed E-state index contributed by atoms with van der Waals surface area (Å²) in [5.74, 6) is 1.54. The lowest BCUT2D eigenvalue weighted by Gasteiger charge is -2.39. The van der Waals surface area contributed by atoms with E-state index in [-0.39, 0.29) is 11.5 Å². The van der Waals surface area contributed by atoms with E-state index in [9.17, 15) is 0 Å². The highest BCUT2D eigenvalue weighted by Crippen LogP contribution is 2.46. The third-order valence-electron chi connectivity index (χ3n) is 4.85. The molecular formula is C17H27NO2. The number of hydrogen-bond acceptors (Lipinski definition) is 3. The molecule has 1 aliphatic rings. The lowest BCUT2D eigenvalue weighted by atomic mass is 9.68. The summed E-state index contributed by atoms with van der Waals surface area (Å²) in [4.78, 5) is 0. The summed E-state index contributed by atoms with van der Waals surface area (Å²) in [6.07, 6.45) is 6.34. The molecule has 3 nitrogen and oxygen atoms in total. The Kier molecular flexibility index (Phi) is 4.59. The van der Waals surface area contributed by atoms with Gasteiger partial charge in [-0.15, -0.1) is 0 Å². The SMILES string of the molecule is COc1cc(C)c(C(N)C2(C)CCCCC2)cc1OC. The van der Waals surface area contributed by atoms with E-state index in [4.69, 9.17) is 15.2 Å². The van der Waals surface area contributed by atoms with Crippen molar-refractivity contribution in [2.45, 2.75) is 52.0 Å². The van der Waals surface area contributed by atoms with Crippen LogP contribution >= 0.6 is 0 Å². The Balaban J connectivity index is 2.36. The van der Waals surface area contributed by atoms with Crippen molar-refractivity contribution < 1.29 is 9.47 Å². The fourth-order valence-corrected chi connectivity index (χ4v) is 3.38. The first-order chi connectivity index (χ1) is 9.51. The summed E-state index contributed by atoms with van der Waals surface area (Å²) in [6.45, 7) is 4.43. The van der Waals surface area contributed by atoms with Gasteiger partial charge in [-0.25, -0.2) is 0 Å². The average Bonchev–Trinajstić information content (AvgIpc) is 2.47. The van der Waals surface area contributed by atoms with Crippen LogP contribution < -0.4 is 15.2 Å². The minimum Gasteiger partial charge on any atom is -0.493 e. The molecule has 0 spiro atoms. The highest BCUT2D eigenvalue weighted by Gasteiger charge is 2.35. The maximum Gasteiger partial charge on any atom is 0.161 e. The van der Waals surface area contributed by atoms with Crippen molar-refractivity contribution in [3.05, 3.63) is 23.3 Å². The topological polar surface area (TPSA) is 44.5 Å². The lowest BCUT2D eigenvalue weighted by molar-refractivity contribution is 0.169. The predicted octanol–water partition coefficient (Wildman–Crippen LogP) is 3.98. The summed E-state index contributed by atoms with van der Waals surface area (Å²) in [7, 11) is 3.34. The molecule has 1 aliphatic carbocycles. The number of nitrogens with two attached hydrogens (primary N) is 1. The van der Waals surface area contributed by atoms with Crippen LogP contribution in [0.2, 0.25) is 0 Å². The first-order valence-corrected chi connectivity index (χ1v) is 7.50. The van der Waals surface area contributed by atoms with Crippen LogP contribution in [0, 0.1) is 12.3 Å². The zero-order valence-electron chi connectivity index (χ0n) is 13.2. The molecule has 20 heavy (non-hydrogen) atoms. The van der Waals surface area contributed by atoms with Crippen molar-refractivity contribution >= 4 is 0 Å². The van der Waals surface area contributed by atoms with Crippen LogP contribution in [-0.2, 0) is 0 Å². The van der Waals surface area contributed by atoms with Crippen molar-refractivity contribution in [1.29, 1.82) is 0 Å². The Hall–Kier alpha value is -1.22. The molecule has 2 N–H and O–H groups in total. The van der Waals surface area contributed by atoms with Gasteiger partial charge >= 0.3 is 0 Å². The lowest BCUT2D eigenvalue weighted by Crippen LogP contribution is -2.34. The van der Waals surface area contributed by atoms with Crippen molar-refractivity contribution in [2.75, 3.05) is 14.2 Å². The van der Waals surface area contributed by atoms with Gasteiger partial charge in [0.25, 0.3) is 0 Å². The van der Waals surface area contributed by atoms with Gasteiger partial charge in [0.05, 0.1) is 14.2 Å². The minimum atomic E-state index is 0.0580. The summed E-state index contributed by atoms with van der Waals surface area (Å²) in [5.41, 5.74) is 9.19. The van der Waals surface area contributed by atoms with Crippen LogP contribution in [0.4, 0.5) is 0 Å². The zero-order chi connectivity index (χ0) is 14.8. The molecule has 1 atom stereocenters. The maximum absolute atomic E-state index is 6.62. The van der Waals surface area contributed by atoms with Gasteiger partial charge in [-0.2, -0.15) is 0 Å². The molecule has 0 amide bonds. The molecule has 1 saturated carbocycles. The maximum atomic E-state index is 6.62. The number of aryl methyl sites for hydroxylation is 1. The number of hydrogen-bond donors (Lipinski definition) is 1. The Morgan fingerprint density at radius 1 is 1.05 bits per heavy atom. The smallest absolute Gasteiger partial charge is 0.161 e. The van der Waals surface area contributed by atoms with Crippen LogP contribution in [0.5, 0.6) is 11.5 Å². The number of ether oxygens (including phenoxy) is 2. The number of methoxy groups -OCH3 is 2. The van der Waals surface area contributed by atoms with Gasteiger partial charge in [-0.1, -0.05) is 26.2 Å². The van der Waals surface area contributed by atoms with Gasteiger partial charge in [0.15, 0.2) is 11.5 Å². The van der Waals surface area contributed by atoms with E-state index in [0.717, 1.165) is 11.5 Å². The molecule has 1 aromatic carbocycles. The largest absolute Gasteiger partial charge is 0.493 e. The van der Waals surface area contributed by atoms with Crippen molar-refractivity contribution in [3.8, 4) is 11.5 Å². The van der Waals surface area contributed by atoms with Crippen LogP contribution in [0.15, 0.2) is 12.1 Å². The molecule has 3 heteroatoms. The summed E-state index contributed by atoms with van der Waals surface area (Å²) < 4.78 is 10.8. The second kappa shape index (κ2) is 6.04. The Morgan fingerprint density at radius 2 is 1.60 bits per heavy atom. The third kappa shape index (κ3) is 2.78. The average molecular weight is 277 g/mol. The standard InChI is InChI=1S/C17H27NO2/c1-12-10-14(19-3)15(20-4)11-13(12)16(18)17(2)8-6-5-7-9-17/h10-11,16H,5-9,18H2,1-4H3. The molecule has 2 rings (SSSR count). The minimum absolute atomic E-state index is 0.0580. The monoisotopic (exact) mass is 277 g/mol. The van der Waals surface area contributed by atoms with Crippen molar-refractivity contribution in [3.63, 3.8) is 0 Å². The number of benzene rings is 1. The summed E-state index contributed by atoms with van der Waals surface area (Å²) >= 11 is 0. The van der Waals surface area contributed by atoms with E-state index in [1.54, 1.807) is 14.2 Å². The Bertz CT molecular complexity index is 464. The fraction of sp³-hybridized carbons (Fsp3) is 0.647. The predicted molar refractivity (Wildman–Crippen MR) is 82.4 cm³/mol. The summed E-state index contributed by atoms with van der Waals surface area (Å²) in [6, 6.07) is 4.14. The quantitative estimate of drug-likeness (QED) is 0.905. The van der Waals surface area contributed by atoms with E-state index in [1.165, 1.54) is 43.2 Å². The van der Waals surface area contributed by atoms with Gasteiger partial charge in [0, 0.05) is 6.04 Å². The fourth-order valence-electron chi connectivity index (χ4n) is 3.38. The van der Waals surface area contributed by atoms with Crippen LogP contribution in [0.3, 0.4) is 0 Å². The van der Waals surface area contributed by atoms with Gasteiger partial charge in [0.2, 0.25) is 0 Å².